The van der Waals surface area contributed by atoms with E-state index in [1.165, 1.54) is 212 Å². The highest BCUT2D eigenvalue weighted by Crippen LogP contribution is 2.17. The lowest BCUT2D eigenvalue weighted by Crippen LogP contribution is -2.45. The van der Waals surface area contributed by atoms with E-state index in [0.717, 1.165) is 89.9 Å². The van der Waals surface area contributed by atoms with E-state index in [1.807, 2.05) is 6.08 Å². The standard InChI is InChI=1S/C65H121NO5/c1-3-5-7-9-11-13-15-17-19-21-23-24-25-26-27-29-30-32-34-37-41-45-49-53-57-63(68)62(61-67)66-64(69)58-54-50-46-42-38-36-40-44-48-52-56-60-71-65(70)59-55-51-47-43-39-35-33-31-28-22-20-18-16-14-12-10-8-6-4-2/h12,14,18,20,40,44,53,57,62-63,67-68H,3-11,13,15-17,19,21-39,41-43,45-52,54-56,58-61H2,1-2H3,(H,66,69)/b14-12-,20-18-,44-40-,57-53+. The number of hydrogen-bond donors (Lipinski definition) is 3. The summed E-state index contributed by atoms with van der Waals surface area (Å²) in [5, 5.41) is 23.2. The molecule has 71 heavy (non-hydrogen) atoms. The van der Waals surface area contributed by atoms with Gasteiger partial charge in [-0.1, -0.05) is 274 Å². The van der Waals surface area contributed by atoms with Crippen molar-refractivity contribution in [2.45, 2.75) is 341 Å². The molecule has 0 aromatic rings. The summed E-state index contributed by atoms with van der Waals surface area (Å²) in [6.07, 6.45) is 77.2. The van der Waals surface area contributed by atoms with Gasteiger partial charge in [0, 0.05) is 12.8 Å². The molecule has 0 rings (SSSR count). The van der Waals surface area contributed by atoms with Crippen LogP contribution in [-0.4, -0.2) is 47.4 Å². The minimum atomic E-state index is -0.865. The van der Waals surface area contributed by atoms with E-state index in [4.69, 9.17) is 4.74 Å². The van der Waals surface area contributed by atoms with E-state index in [1.54, 1.807) is 6.08 Å². The fourth-order valence-corrected chi connectivity index (χ4v) is 9.48. The normalized spacial score (nSPS) is 12.9. The zero-order valence-electron chi connectivity index (χ0n) is 47.5. The number of unbranched alkanes of at least 4 members (excludes halogenated alkanes) is 41. The lowest BCUT2D eigenvalue weighted by atomic mass is 10.0. The number of aliphatic hydroxyl groups excluding tert-OH is 2. The Kier molecular flexibility index (Phi) is 58.5. The lowest BCUT2D eigenvalue weighted by molar-refractivity contribution is -0.143. The predicted octanol–water partition coefficient (Wildman–Crippen LogP) is 19.7. The van der Waals surface area contributed by atoms with E-state index < -0.39 is 12.1 Å². The summed E-state index contributed by atoms with van der Waals surface area (Å²) in [6, 6.07) is -0.652. The molecular weight excluding hydrogens is 875 g/mol. The van der Waals surface area contributed by atoms with Crippen molar-refractivity contribution in [3.8, 4) is 0 Å². The molecule has 2 atom stereocenters. The quantitative estimate of drug-likeness (QED) is 0.0321. The van der Waals surface area contributed by atoms with Crippen LogP contribution < -0.4 is 5.32 Å². The average molecular weight is 997 g/mol. The first-order valence-electron chi connectivity index (χ1n) is 31.4. The van der Waals surface area contributed by atoms with E-state index in [-0.39, 0.29) is 18.5 Å². The Hall–Kier alpha value is -2.18. The summed E-state index contributed by atoms with van der Waals surface area (Å²) < 4.78 is 5.46. The summed E-state index contributed by atoms with van der Waals surface area (Å²) in [7, 11) is 0. The summed E-state index contributed by atoms with van der Waals surface area (Å²) in [5.74, 6) is -0.132. The molecule has 6 nitrogen and oxygen atoms in total. The van der Waals surface area contributed by atoms with Crippen LogP contribution in [0, 0.1) is 0 Å². The molecule has 6 heteroatoms. The number of allylic oxidation sites excluding steroid dienone is 7. The third kappa shape index (κ3) is 57.0. The second-order valence-electron chi connectivity index (χ2n) is 21.4. The number of carbonyl (C=O) groups excluding carboxylic acids is 2. The van der Waals surface area contributed by atoms with Crippen molar-refractivity contribution >= 4 is 11.9 Å². The highest BCUT2D eigenvalue weighted by Gasteiger charge is 2.18. The van der Waals surface area contributed by atoms with E-state index in [0.29, 0.717) is 19.4 Å². The van der Waals surface area contributed by atoms with Crippen LogP contribution in [0.3, 0.4) is 0 Å². The number of esters is 1. The Bertz CT molecular complexity index is 1190. The molecule has 0 saturated carbocycles. The fourth-order valence-electron chi connectivity index (χ4n) is 9.48. The molecule has 0 aliphatic carbocycles. The zero-order valence-corrected chi connectivity index (χ0v) is 47.5. The van der Waals surface area contributed by atoms with Gasteiger partial charge < -0.3 is 20.3 Å². The number of carbonyl (C=O) groups is 2. The molecule has 0 aliphatic heterocycles. The number of amides is 1. The van der Waals surface area contributed by atoms with Crippen LogP contribution in [0.4, 0.5) is 0 Å². The third-order valence-corrected chi connectivity index (χ3v) is 14.3. The molecule has 0 radical (unpaired) electrons. The van der Waals surface area contributed by atoms with Crippen LogP contribution in [0.1, 0.15) is 328 Å². The van der Waals surface area contributed by atoms with Crippen molar-refractivity contribution < 1.29 is 24.5 Å². The minimum absolute atomic E-state index is 0.0364. The molecule has 0 aromatic carbocycles. The summed E-state index contributed by atoms with van der Waals surface area (Å²) >= 11 is 0. The minimum Gasteiger partial charge on any atom is -0.466 e. The van der Waals surface area contributed by atoms with Gasteiger partial charge in [0.2, 0.25) is 5.91 Å². The first-order valence-corrected chi connectivity index (χ1v) is 31.4. The molecule has 0 bridgehead atoms. The van der Waals surface area contributed by atoms with E-state index in [2.05, 4.69) is 55.6 Å². The monoisotopic (exact) mass is 996 g/mol. The average Bonchev–Trinajstić information content (AvgIpc) is 3.37. The number of nitrogens with one attached hydrogen (secondary N) is 1. The van der Waals surface area contributed by atoms with Gasteiger partial charge in [-0.05, 0) is 89.9 Å². The van der Waals surface area contributed by atoms with Gasteiger partial charge in [-0.2, -0.15) is 0 Å². The molecule has 416 valence electrons. The zero-order chi connectivity index (χ0) is 51.4. The van der Waals surface area contributed by atoms with Crippen LogP contribution in [0.2, 0.25) is 0 Å². The second kappa shape index (κ2) is 60.4. The van der Waals surface area contributed by atoms with E-state index >= 15 is 0 Å². The molecule has 0 aliphatic rings. The van der Waals surface area contributed by atoms with Crippen molar-refractivity contribution in [1.29, 1.82) is 0 Å². The maximum Gasteiger partial charge on any atom is 0.305 e. The molecule has 0 aromatic heterocycles. The SMILES string of the molecule is CCCCC/C=C\C/C=C\CCCCCCCCCCCC(=O)OCCCC/C=C\CCCCCCCC(=O)NC(CO)C(O)/C=C/CCCCCCCCCCCCCCCCCCCCCCCC. The van der Waals surface area contributed by atoms with Gasteiger partial charge in [-0.25, -0.2) is 0 Å². The molecular formula is C65H121NO5. The van der Waals surface area contributed by atoms with E-state index in [9.17, 15) is 19.8 Å². The third-order valence-electron chi connectivity index (χ3n) is 14.3. The Morgan fingerprint density at radius 2 is 0.704 bits per heavy atom. The van der Waals surface area contributed by atoms with Crippen molar-refractivity contribution in [1.82, 2.24) is 5.32 Å². The maximum atomic E-state index is 12.5. The Morgan fingerprint density at radius 1 is 0.394 bits per heavy atom. The second-order valence-corrected chi connectivity index (χ2v) is 21.4. The molecule has 0 saturated heterocycles. The maximum absolute atomic E-state index is 12.5. The van der Waals surface area contributed by atoms with Crippen LogP contribution in [0.5, 0.6) is 0 Å². The molecule has 0 spiro atoms. The predicted molar refractivity (Wildman–Crippen MR) is 310 cm³/mol. The largest absolute Gasteiger partial charge is 0.466 e. The van der Waals surface area contributed by atoms with Gasteiger partial charge in [-0.3, -0.25) is 9.59 Å². The van der Waals surface area contributed by atoms with Crippen molar-refractivity contribution in [3.05, 3.63) is 48.6 Å². The number of aliphatic hydroxyl groups is 2. The first kappa shape index (κ1) is 68.8. The molecule has 0 fully saturated rings. The Labute approximate surface area is 442 Å². The van der Waals surface area contributed by atoms with Gasteiger partial charge in [0.05, 0.1) is 25.4 Å². The van der Waals surface area contributed by atoms with Gasteiger partial charge in [0.25, 0.3) is 0 Å². The number of ether oxygens (including phenoxy) is 1. The molecule has 3 N–H and O–H groups in total. The fraction of sp³-hybridized carbons (Fsp3) is 0.846. The van der Waals surface area contributed by atoms with Crippen LogP contribution in [-0.2, 0) is 14.3 Å². The molecule has 2 unspecified atom stereocenters. The van der Waals surface area contributed by atoms with Crippen LogP contribution >= 0.6 is 0 Å². The Balaban J connectivity index is 3.52. The van der Waals surface area contributed by atoms with Gasteiger partial charge >= 0.3 is 5.97 Å². The number of rotatable bonds is 58. The summed E-state index contributed by atoms with van der Waals surface area (Å²) in [5.41, 5.74) is 0. The van der Waals surface area contributed by atoms with Gasteiger partial charge in [0.15, 0.2) is 0 Å². The van der Waals surface area contributed by atoms with Crippen molar-refractivity contribution in [2.24, 2.45) is 0 Å². The Morgan fingerprint density at radius 3 is 1.11 bits per heavy atom. The highest BCUT2D eigenvalue weighted by molar-refractivity contribution is 5.76. The summed E-state index contributed by atoms with van der Waals surface area (Å²) in [6.45, 7) is 4.82. The van der Waals surface area contributed by atoms with Crippen LogP contribution in [0.25, 0.3) is 0 Å². The highest BCUT2D eigenvalue weighted by atomic mass is 16.5. The number of hydrogen-bond acceptors (Lipinski definition) is 5. The molecule has 0 heterocycles. The van der Waals surface area contributed by atoms with Crippen molar-refractivity contribution in [3.63, 3.8) is 0 Å². The summed E-state index contributed by atoms with van der Waals surface area (Å²) in [4.78, 5) is 24.6. The smallest absolute Gasteiger partial charge is 0.305 e. The first-order chi connectivity index (χ1) is 35.0. The van der Waals surface area contributed by atoms with Gasteiger partial charge in [-0.15, -0.1) is 0 Å². The molecule has 1 amide bonds. The van der Waals surface area contributed by atoms with Crippen molar-refractivity contribution in [2.75, 3.05) is 13.2 Å². The van der Waals surface area contributed by atoms with Gasteiger partial charge in [0.1, 0.15) is 0 Å². The topological polar surface area (TPSA) is 95.9 Å². The lowest BCUT2D eigenvalue weighted by Gasteiger charge is -2.20. The van der Waals surface area contributed by atoms with Crippen LogP contribution in [0.15, 0.2) is 48.6 Å².